The van der Waals surface area contributed by atoms with E-state index in [0.717, 1.165) is 41.2 Å². The summed E-state index contributed by atoms with van der Waals surface area (Å²) >= 11 is 1.61. The summed E-state index contributed by atoms with van der Waals surface area (Å²) in [7, 11) is 1.87. The topological polar surface area (TPSA) is 58.1 Å². The van der Waals surface area contributed by atoms with Gasteiger partial charge in [0, 0.05) is 20.0 Å². The van der Waals surface area contributed by atoms with Crippen LogP contribution in [0.4, 0.5) is 5.82 Å². The Morgan fingerprint density at radius 1 is 1.29 bits per heavy atom. The minimum atomic E-state index is 0.232. The first-order chi connectivity index (χ1) is 10.3. The molecule has 1 amide bonds. The fraction of sp³-hybridized carbons (Fsp3) is 0.533. The molecule has 2 aromatic rings. The van der Waals surface area contributed by atoms with Gasteiger partial charge in [-0.1, -0.05) is 12.8 Å². The Morgan fingerprint density at radius 3 is 3.00 bits per heavy atom. The van der Waals surface area contributed by atoms with Gasteiger partial charge in [-0.15, -0.1) is 11.3 Å². The second-order valence-electron chi connectivity index (χ2n) is 5.36. The number of amides is 1. The van der Waals surface area contributed by atoms with E-state index < -0.39 is 0 Å². The fourth-order valence-electron chi connectivity index (χ4n) is 2.71. The quantitative estimate of drug-likeness (QED) is 0.947. The number of thiophene rings is 1. The van der Waals surface area contributed by atoms with E-state index >= 15 is 0 Å². The summed E-state index contributed by atoms with van der Waals surface area (Å²) in [6.45, 7) is 1.33. The number of carbonyl (C=O) groups is 1. The van der Waals surface area contributed by atoms with Crippen LogP contribution in [0.1, 0.15) is 37.9 Å². The zero-order valence-corrected chi connectivity index (χ0v) is 13.1. The highest BCUT2D eigenvalue weighted by molar-refractivity contribution is 7.16. The summed E-state index contributed by atoms with van der Waals surface area (Å²) in [5, 5.41) is 6.18. The first-order valence-corrected chi connectivity index (χ1v) is 8.35. The van der Waals surface area contributed by atoms with Gasteiger partial charge in [-0.2, -0.15) is 0 Å². The van der Waals surface area contributed by atoms with Crippen molar-refractivity contribution in [2.75, 3.05) is 18.9 Å². The standard InChI is InChI=1S/C15H20N4OS/c1-16-14-11-7-9-21-15(11)18-12(17-14)10-19-8-5-3-2-4-6-13(19)20/h7,9H,2-6,8,10H2,1H3,(H,16,17,18). The monoisotopic (exact) mass is 304 g/mol. The Labute approximate surface area is 128 Å². The molecule has 112 valence electrons. The first kappa shape index (κ1) is 14.3. The highest BCUT2D eigenvalue weighted by Crippen LogP contribution is 2.25. The second-order valence-corrected chi connectivity index (χ2v) is 6.25. The van der Waals surface area contributed by atoms with Gasteiger partial charge in [0.2, 0.25) is 5.91 Å². The predicted octanol–water partition coefficient (Wildman–Crippen LogP) is 3.03. The van der Waals surface area contributed by atoms with Crippen LogP contribution in [-0.2, 0) is 11.3 Å². The van der Waals surface area contributed by atoms with Crippen LogP contribution in [0.5, 0.6) is 0 Å². The number of anilines is 1. The van der Waals surface area contributed by atoms with Crippen molar-refractivity contribution >= 4 is 33.3 Å². The van der Waals surface area contributed by atoms with Gasteiger partial charge in [-0.05, 0) is 24.3 Å². The molecule has 1 N–H and O–H groups in total. The molecule has 2 aromatic heterocycles. The number of nitrogens with zero attached hydrogens (tertiary/aromatic N) is 3. The molecular weight excluding hydrogens is 284 g/mol. The average Bonchev–Trinajstić information content (AvgIpc) is 2.94. The molecule has 0 saturated carbocycles. The molecule has 1 aliphatic heterocycles. The van der Waals surface area contributed by atoms with Gasteiger partial charge in [-0.25, -0.2) is 9.97 Å². The molecule has 0 atom stereocenters. The minimum Gasteiger partial charge on any atom is -0.372 e. The van der Waals surface area contributed by atoms with Crippen LogP contribution in [0.2, 0.25) is 0 Å². The third kappa shape index (κ3) is 3.15. The number of fused-ring (bicyclic) bond motifs is 1. The van der Waals surface area contributed by atoms with Crippen molar-refractivity contribution in [2.45, 2.75) is 38.6 Å². The van der Waals surface area contributed by atoms with Crippen LogP contribution in [0, 0.1) is 0 Å². The lowest BCUT2D eigenvalue weighted by Gasteiger charge is -2.24. The van der Waals surface area contributed by atoms with Gasteiger partial charge in [0.15, 0.2) is 5.82 Å². The zero-order valence-electron chi connectivity index (χ0n) is 12.3. The number of aromatic nitrogens is 2. The molecule has 0 unspecified atom stereocenters. The Hall–Kier alpha value is -1.69. The number of rotatable bonds is 3. The smallest absolute Gasteiger partial charge is 0.222 e. The minimum absolute atomic E-state index is 0.232. The lowest BCUT2D eigenvalue weighted by Crippen LogP contribution is -2.33. The molecule has 0 aliphatic carbocycles. The molecule has 0 spiro atoms. The summed E-state index contributed by atoms with van der Waals surface area (Å²) in [5.41, 5.74) is 0. The Kier molecular flexibility index (Phi) is 4.34. The first-order valence-electron chi connectivity index (χ1n) is 7.47. The van der Waals surface area contributed by atoms with E-state index in [0.29, 0.717) is 13.0 Å². The maximum atomic E-state index is 12.2. The third-order valence-electron chi connectivity index (χ3n) is 3.86. The van der Waals surface area contributed by atoms with Gasteiger partial charge in [-0.3, -0.25) is 4.79 Å². The Balaban J connectivity index is 1.84. The third-order valence-corrected chi connectivity index (χ3v) is 4.67. The molecule has 1 saturated heterocycles. The second kappa shape index (κ2) is 6.39. The van der Waals surface area contributed by atoms with E-state index in [-0.39, 0.29) is 5.91 Å². The molecule has 3 heterocycles. The average molecular weight is 304 g/mol. The van der Waals surface area contributed by atoms with Crippen LogP contribution in [-0.4, -0.2) is 34.4 Å². The largest absolute Gasteiger partial charge is 0.372 e. The highest BCUT2D eigenvalue weighted by atomic mass is 32.1. The number of hydrogen-bond acceptors (Lipinski definition) is 5. The molecular formula is C15H20N4OS. The van der Waals surface area contributed by atoms with Crippen molar-refractivity contribution < 1.29 is 4.79 Å². The summed E-state index contributed by atoms with van der Waals surface area (Å²) in [6.07, 6.45) is 5.10. The highest BCUT2D eigenvalue weighted by Gasteiger charge is 2.18. The van der Waals surface area contributed by atoms with Crippen LogP contribution < -0.4 is 5.32 Å². The molecule has 21 heavy (non-hydrogen) atoms. The van der Waals surface area contributed by atoms with Crippen LogP contribution >= 0.6 is 11.3 Å². The van der Waals surface area contributed by atoms with Gasteiger partial charge in [0.1, 0.15) is 10.6 Å². The Morgan fingerprint density at radius 2 is 2.14 bits per heavy atom. The summed E-state index contributed by atoms with van der Waals surface area (Å²) in [6, 6.07) is 2.02. The summed E-state index contributed by atoms with van der Waals surface area (Å²) < 4.78 is 0. The molecule has 0 bridgehead atoms. The lowest BCUT2D eigenvalue weighted by atomic mass is 10.1. The lowest BCUT2D eigenvalue weighted by molar-refractivity contribution is -0.132. The molecule has 3 rings (SSSR count). The van der Waals surface area contributed by atoms with E-state index in [9.17, 15) is 4.79 Å². The Bertz CT molecular complexity index is 640. The molecule has 1 fully saturated rings. The zero-order chi connectivity index (χ0) is 14.7. The van der Waals surface area contributed by atoms with Crippen molar-refractivity contribution in [3.8, 4) is 0 Å². The van der Waals surface area contributed by atoms with Gasteiger partial charge in [0.05, 0.1) is 11.9 Å². The number of hydrogen-bond donors (Lipinski definition) is 1. The van der Waals surface area contributed by atoms with Crippen LogP contribution in [0.3, 0.4) is 0 Å². The van der Waals surface area contributed by atoms with Crippen molar-refractivity contribution in [1.29, 1.82) is 0 Å². The van der Waals surface area contributed by atoms with Crippen molar-refractivity contribution in [2.24, 2.45) is 0 Å². The normalized spacial score (nSPS) is 16.8. The van der Waals surface area contributed by atoms with Crippen LogP contribution in [0.25, 0.3) is 10.2 Å². The van der Waals surface area contributed by atoms with Crippen molar-refractivity contribution in [1.82, 2.24) is 14.9 Å². The predicted molar refractivity (Wildman–Crippen MR) is 85.5 cm³/mol. The van der Waals surface area contributed by atoms with E-state index in [1.54, 1.807) is 11.3 Å². The molecule has 0 radical (unpaired) electrons. The fourth-order valence-corrected chi connectivity index (χ4v) is 3.50. The van der Waals surface area contributed by atoms with Gasteiger partial charge in [0.25, 0.3) is 0 Å². The molecule has 1 aliphatic rings. The SMILES string of the molecule is CNc1nc(CN2CCCCCCC2=O)nc2sccc12. The molecule has 0 aromatic carbocycles. The van der Waals surface area contributed by atoms with E-state index in [4.69, 9.17) is 0 Å². The van der Waals surface area contributed by atoms with E-state index in [2.05, 4.69) is 15.3 Å². The number of carbonyl (C=O) groups excluding carboxylic acids is 1. The number of likely N-dealkylation sites (tertiary alicyclic amines) is 1. The van der Waals surface area contributed by atoms with E-state index in [1.807, 2.05) is 23.4 Å². The van der Waals surface area contributed by atoms with Crippen LogP contribution in [0.15, 0.2) is 11.4 Å². The maximum Gasteiger partial charge on any atom is 0.222 e. The maximum absolute atomic E-state index is 12.2. The van der Waals surface area contributed by atoms with Crippen molar-refractivity contribution in [3.63, 3.8) is 0 Å². The van der Waals surface area contributed by atoms with Gasteiger partial charge < -0.3 is 10.2 Å². The summed E-state index contributed by atoms with van der Waals surface area (Å²) in [5.74, 6) is 1.80. The number of nitrogens with one attached hydrogen (secondary N) is 1. The van der Waals surface area contributed by atoms with Crippen molar-refractivity contribution in [3.05, 3.63) is 17.3 Å². The molecule has 5 nitrogen and oxygen atoms in total. The van der Waals surface area contributed by atoms with Gasteiger partial charge >= 0.3 is 0 Å². The molecule has 6 heteroatoms. The summed E-state index contributed by atoms with van der Waals surface area (Å²) in [4.78, 5) is 24.2. The van der Waals surface area contributed by atoms with E-state index in [1.165, 1.54) is 12.8 Å².